The summed E-state index contributed by atoms with van der Waals surface area (Å²) >= 11 is 0. The zero-order valence-electron chi connectivity index (χ0n) is 21.1. The van der Waals surface area contributed by atoms with E-state index in [9.17, 15) is 13.2 Å². The quantitative estimate of drug-likeness (QED) is 0.285. The summed E-state index contributed by atoms with van der Waals surface area (Å²) in [6.07, 6.45) is 4.46. The standard InChI is InChI=1S/C27H24N8O3S/c1-34(2)21-12-8-19(9-13-21)18-30-35-25(36)23-6-3-4-7-24(23)32-27(35)31-20-10-14-22(15-11-20)39(37,38)33-26-28-16-5-17-29-26/h3-18H,1-2H3,(H,31,32)(H,28,29,33)/b30-18+. The first-order valence-corrected chi connectivity index (χ1v) is 13.3. The van der Waals surface area contributed by atoms with Crippen molar-refractivity contribution in [1.29, 1.82) is 0 Å². The topological polar surface area (TPSA) is 134 Å². The number of anilines is 4. The Kier molecular flexibility index (Phi) is 7.02. The summed E-state index contributed by atoms with van der Waals surface area (Å²) in [5.74, 6) is 0.143. The molecular formula is C27H24N8O3S. The van der Waals surface area contributed by atoms with Crippen molar-refractivity contribution in [1.82, 2.24) is 19.6 Å². The van der Waals surface area contributed by atoms with Crippen molar-refractivity contribution in [2.75, 3.05) is 29.0 Å². The van der Waals surface area contributed by atoms with Crippen molar-refractivity contribution in [3.63, 3.8) is 0 Å². The summed E-state index contributed by atoms with van der Waals surface area (Å²) in [5, 5.41) is 7.92. The Balaban J connectivity index is 1.46. The van der Waals surface area contributed by atoms with Crippen molar-refractivity contribution in [2.24, 2.45) is 5.10 Å². The van der Waals surface area contributed by atoms with Crippen molar-refractivity contribution in [3.05, 3.63) is 107 Å². The molecular weight excluding hydrogens is 516 g/mol. The number of hydrogen-bond acceptors (Lipinski definition) is 9. The third kappa shape index (κ3) is 5.75. The highest BCUT2D eigenvalue weighted by atomic mass is 32.2. The van der Waals surface area contributed by atoms with Crippen LogP contribution in [-0.4, -0.2) is 48.4 Å². The maximum absolute atomic E-state index is 13.3. The van der Waals surface area contributed by atoms with E-state index in [0.717, 1.165) is 11.3 Å². The zero-order valence-corrected chi connectivity index (χ0v) is 21.9. The molecule has 0 unspecified atom stereocenters. The lowest BCUT2D eigenvalue weighted by molar-refractivity contribution is 0.601. The van der Waals surface area contributed by atoms with Gasteiger partial charge in [0.05, 0.1) is 22.0 Å². The van der Waals surface area contributed by atoms with E-state index in [-0.39, 0.29) is 22.4 Å². The maximum atomic E-state index is 13.3. The number of nitrogens with one attached hydrogen (secondary N) is 2. The summed E-state index contributed by atoms with van der Waals surface area (Å²) < 4.78 is 28.9. The lowest BCUT2D eigenvalue weighted by atomic mass is 10.2. The zero-order chi connectivity index (χ0) is 27.4. The van der Waals surface area contributed by atoms with Gasteiger partial charge >= 0.3 is 0 Å². The van der Waals surface area contributed by atoms with E-state index in [2.05, 4.69) is 30.1 Å². The fourth-order valence-electron chi connectivity index (χ4n) is 3.67. The third-order valence-corrected chi connectivity index (χ3v) is 7.04. The third-order valence-electron chi connectivity index (χ3n) is 5.70. The van der Waals surface area contributed by atoms with Crippen molar-refractivity contribution in [3.8, 4) is 0 Å². The molecule has 5 aromatic rings. The van der Waals surface area contributed by atoms with Gasteiger partial charge in [0, 0.05) is 37.9 Å². The Morgan fingerprint density at radius 3 is 2.28 bits per heavy atom. The van der Waals surface area contributed by atoms with Gasteiger partial charge in [-0.2, -0.15) is 9.78 Å². The smallest absolute Gasteiger partial charge is 0.283 e. The number of aromatic nitrogens is 4. The molecule has 3 aromatic carbocycles. The van der Waals surface area contributed by atoms with Gasteiger partial charge in [-0.15, -0.1) is 0 Å². The monoisotopic (exact) mass is 540 g/mol. The lowest BCUT2D eigenvalue weighted by Gasteiger charge is -2.13. The van der Waals surface area contributed by atoms with E-state index in [0.29, 0.717) is 16.6 Å². The molecule has 0 amide bonds. The molecule has 0 aliphatic carbocycles. The van der Waals surface area contributed by atoms with E-state index < -0.39 is 10.0 Å². The average Bonchev–Trinajstić information content (AvgIpc) is 2.94. The molecule has 2 aromatic heterocycles. The highest BCUT2D eigenvalue weighted by molar-refractivity contribution is 7.92. The van der Waals surface area contributed by atoms with Crippen LogP contribution in [0.2, 0.25) is 0 Å². The van der Waals surface area contributed by atoms with Crippen LogP contribution in [0, 0.1) is 0 Å². The van der Waals surface area contributed by atoms with Gasteiger partial charge in [-0.25, -0.2) is 28.1 Å². The van der Waals surface area contributed by atoms with Crippen LogP contribution in [0.3, 0.4) is 0 Å². The van der Waals surface area contributed by atoms with E-state index >= 15 is 0 Å². The van der Waals surface area contributed by atoms with Gasteiger partial charge in [-0.3, -0.25) is 4.79 Å². The van der Waals surface area contributed by atoms with Crippen LogP contribution in [0.4, 0.5) is 23.3 Å². The van der Waals surface area contributed by atoms with Crippen LogP contribution in [0.1, 0.15) is 5.56 Å². The van der Waals surface area contributed by atoms with Crippen LogP contribution in [0.15, 0.2) is 106 Å². The fraction of sp³-hybridized carbons (Fsp3) is 0.0741. The van der Waals surface area contributed by atoms with Crippen LogP contribution in [0.25, 0.3) is 10.9 Å². The Morgan fingerprint density at radius 1 is 0.897 bits per heavy atom. The molecule has 12 heteroatoms. The number of fused-ring (bicyclic) bond motifs is 1. The Hall–Kier alpha value is -5.10. The maximum Gasteiger partial charge on any atom is 0.283 e. The van der Waals surface area contributed by atoms with Gasteiger partial charge in [-0.1, -0.05) is 24.3 Å². The minimum atomic E-state index is -3.89. The highest BCUT2D eigenvalue weighted by Crippen LogP contribution is 2.20. The molecule has 0 radical (unpaired) electrons. The summed E-state index contributed by atoms with van der Waals surface area (Å²) in [6.45, 7) is 0. The number of benzene rings is 3. The molecule has 0 atom stereocenters. The number of para-hydroxylation sites is 1. The second kappa shape index (κ2) is 10.7. The second-order valence-corrected chi connectivity index (χ2v) is 10.3. The summed E-state index contributed by atoms with van der Waals surface area (Å²) in [7, 11) is 0.0171. The molecule has 2 N–H and O–H groups in total. The van der Waals surface area contributed by atoms with Crippen LogP contribution in [-0.2, 0) is 10.0 Å². The van der Waals surface area contributed by atoms with Gasteiger partial charge in [0.25, 0.3) is 15.6 Å². The van der Waals surface area contributed by atoms with Gasteiger partial charge in [0.2, 0.25) is 11.9 Å². The highest BCUT2D eigenvalue weighted by Gasteiger charge is 2.16. The normalized spacial score (nSPS) is 11.5. The summed E-state index contributed by atoms with van der Waals surface area (Å²) in [4.78, 5) is 27.7. The molecule has 2 heterocycles. The first kappa shape index (κ1) is 25.5. The molecule has 196 valence electrons. The Labute approximate surface area is 224 Å². The molecule has 0 saturated heterocycles. The van der Waals surface area contributed by atoms with Crippen molar-refractivity contribution in [2.45, 2.75) is 4.90 Å². The summed E-state index contributed by atoms with van der Waals surface area (Å²) in [5.41, 5.74) is 2.49. The Morgan fingerprint density at radius 2 is 1.59 bits per heavy atom. The second-order valence-electron chi connectivity index (χ2n) is 8.63. The van der Waals surface area contributed by atoms with E-state index in [1.807, 2.05) is 43.3 Å². The minimum absolute atomic E-state index is 0.0172. The number of rotatable bonds is 8. The van der Waals surface area contributed by atoms with E-state index in [1.165, 1.54) is 29.2 Å². The molecule has 0 saturated carbocycles. The molecule has 39 heavy (non-hydrogen) atoms. The first-order valence-electron chi connectivity index (χ1n) is 11.8. The van der Waals surface area contributed by atoms with E-state index in [4.69, 9.17) is 0 Å². The number of sulfonamides is 1. The van der Waals surface area contributed by atoms with E-state index in [1.54, 1.807) is 48.7 Å². The van der Waals surface area contributed by atoms with Gasteiger partial charge in [-0.05, 0) is 60.2 Å². The lowest BCUT2D eigenvalue weighted by Crippen LogP contribution is -2.21. The largest absolute Gasteiger partial charge is 0.378 e. The fourth-order valence-corrected chi connectivity index (χ4v) is 4.63. The number of nitrogens with zero attached hydrogens (tertiary/aromatic N) is 6. The molecule has 5 rings (SSSR count). The van der Waals surface area contributed by atoms with Crippen LogP contribution < -0.4 is 20.5 Å². The van der Waals surface area contributed by atoms with Gasteiger partial charge in [0.1, 0.15) is 0 Å². The molecule has 0 aliphatic rings. The van der Waals surface area contributed by atoms with Crippen molar-refractivity contribution < 1.29 is 8.42 Å². The van der Waals surface area contributed by atoms with Gasteiger partial charge in [0.15, 0.2) is 0 Å². The van der Waals surface area contributed by atoms with Crippen LogP contribution in [0.5, 0.6) is 0 Å². The van der Waals surface area contributed by atoms with Crippen molar-refractivity contribution >= 4 is 50.4 Å². The molecule has 0 fully saturated rings. The molecule has 11 nitrogen and oxygen atoms in total. The molecule has 0 bridgehead atoms. The average molecular weight is 541 g/mol. The minimum Gasteiger partial charge on any atom is -0.378 e. The molecule has 0 spiro atoms. The van der Waals surface area contributed by atoms with Gasteiger partial charge < -0.3 is 10.2 Å². The number of hydrogen-bond donors (Lipinski definition) is 2. The first-order chi connectivity index (χ1) is 18.8. The SMILES string of the molecule is CN(C)c1ccc(/C=N/n2c(Nc3ccc(S(=O)(=O)Nc4ncccn4)cc3)nc3ccccc3c2=O)cc1. The predicted molar refractivity (Wildman–Crippen MR) is 152 cm³/mol. The van der Waals surface area contributed by atoms with Crippen LogP contribution >= 0.6 is 0 Å². The summed E-state index contributed by atoms with van der Waals surface area (Å²) in [6, 6.07) is 22.3. The predicted octanol–water partition coefficient (Wildman–Crippen LogP) is 3.68. The Bertz CT molecular complexity index is 1800. The molecule has 0 aliphatic heterocycles.